The van der Waals surface area contributed by atoms with Crippen LogP contribution in [0.4, 0.5) is 0 Å². The van der Waals surface area contributed by atoms with E-state index in [1.54, 1.807) is 18.5 Å². The summed E-state index contributed by atoms with van der Waals surface area (Å²) in [5.41, 5.74) is 0.844. The van der Waals surface area contributed by atoms with Crippen LogP contribution in [0.2, 0.25) is 0 Å². The number of nitrogens with zero attached hydrogens (tertiary/aromatic N) is 2. The van der Waals surface area contributed by atoms with Gasteiger partial charge in [0, 0.05) is 26.0 Å². The highest BCUT2D eigenvalue weighted by atomic mass is 35.5. The second-order valence-corrected chi connectivity index (χ2v) is 7.49. The quantitative estimate of drug-likeness (QED) is 0.750. The van der Waals surface area contributed by atoms with Crippen molar-refractivity contribution in [2.24, 2.45) is 0 Å². The molecule has 1 aromatic heterocycles. The van der Waals surface area contributed by atoms with E-state index in [-0.39, 0.29) is 0 Å². The van der Waals surface area contributed by atoms with Gasteiger partial charge in [0.05, 0.1) is 0 Å². The van der Waals surface area contributed by atoms with Crippen molar-refractivity contribution in [3.05, 3.63) is 17.0 Å². The highest BCUT2D eigenvalue weighted by Gasteiger charge is 2.22. The molecule has 98 valence electrons. The maximum absolute atomic E-state index is 12.1. The van der Waals surface area contributed by atoms with Crippen molar-refractivity contribution in [3.63, 3.8) is 0 Å². The average molecular weight is 297 g/mol. The van der Waals surface area contributed by atoms with Crippen molar-refractivity contribution >= 4 is 33.0 Å². The fraction of sp³-hybridized carbons (Fsp3) is 0.600. The van der Waals surface area contributed by atoms with Crippen molar-refractivity contribution in [2.75, 3.05) is 34.2 Å². The molecule has 0 amide bonds. The fourth-order valence-electron chi connectivity index (χ4n) is 1.17. The summed E-state index contributed by atoms with van der Waals surface area (Å²) in [5.74, 6) is 0.341. The Morgan fingerprint density at radius 2 is 1.94 bits per heavy atom. The Morgan fingerprint density at radius 3 is 2.41 bits per heavy atom. The van der Waals surface area contributed by atoms with Crippen molar-refractivity contribution in [1.29, 1.82) is 0 Å². The number of sulfonamides is 1. The number of hydrogen-bond donors (Lipinski definition) is 0. The van der Waals surface area contributed by atoms with Gasteiger partial charge in [-0.15, -0.1) is 22.9 Å². The molecule has 0 N–H and O–H groups in total. The summed E-state index contributed by atoms with van der Waals surface area (Å²) in [7, 11) is 2.07. The van der Waals surface area contributed by atoms with E-state index < -0.39 is 10.0 Å². The van der Waals surface area contributed by atoms with E-state index in [4.69, 9.17) is 11.6 Å². The summed E-state index contributed by atoms with van der Waals surface area (Å²) >= 11 is 6.88. The van der Waals surface area contributed by atoms with Crippen molar-refractivity contribution < 1.29 is 8.42 Å². The molecule has 1 aromatic rings. The number of alkyl halides is 1. The minimum atomic E-state index is -3.36. The molecule has 0 atom stereocenters. The molecule has 1 rings (SSSR count). The van der Waals surface area contributed by atoms with Crippen molar-refractivity contribution in [1.82, 2.24) is 9.21 Å². The molecule has 17 heavy (non-hydrogen) atoms. The van der Waals surface area contributed by atoms with Crippen LogP contribution in [0.15, 0.2) is 15.7 Å². The summed E-state index contributed by atoms with van der Waals surface area (Å²) in [4.78, 5) is 1.95. The molecule has 0 radical (unpaired) electrons. The standard InChI is InChI=1S/C10H17ClN2O2S2/c1-12(2)4-5-13(3)17(14,15)10-6-9(7-11)8-16-10/h6,8H,4-5,7H2,1-3H3. The lowest BCUT2D eigenvalue weighted by Gasteiger charge is -2.18. The third-order valence-electron chi connectivity index (χ3n) is 2.31. The Balaban J connectivity index is 2.79. The zero-order chi connectivity index (χ0) is 13.1. The van der Waals surface area contributed by atoms with Crippen molar-refractivity contribution in [2.45, 2.75) is 10.1 Å². The van der Waals surface area contributed by atoms with Crippen molar-refractivity contribution in [3.8, 4) is 0 Å². The topological polar surface area (TPSA) is 40.6 Å². The van der Waals surface area contributed by atoms with E-state index >= 15 is 0 Å². The highest BCUT2D eigenvalue weighted by molar-refractivity contribution is 7.91. The van der Waals surface area contributed by atoms with E-state index in [1.165, 1.54) is 15.6 Å². The Bertz CT molecular complexity index is 457. The summed E-state index contributed by atoms with van der Waals surface area (Å²) in [6.07, 6.45) is 0. The zero-order valence-corrected chi connectivity index (χ0v) is 12.6. The van der Waals surface area contributed by atoms with Crippen LogP contribution in [-0.4, -0.2) is 51.9 Å². The maximum Gasteiger partial charge on any atom is 0.252 e. The van der Waals surface area contributed by atoms with E-state index in [0.29, 0.717) is 23.2 Å². The average Bonchev–Trinajstić information content (AvgIpc) is 2.74. The number of rotatable bonds is 6. The molecule has 1 heterocycles. The molecule has 0 aliphatic heterocycles. The molecule has 0 unspecified atom stereocenters. The van der Waals surface area contributed by atoms with Gasteiger partial charge in [0.25, 0.3) is 10.0 Å². The lowest BCUT2D eigenvalue weighted by atomic mass is 10.4. The highest BCUT2D eigenvalue weighted by Crippen LogP contribution is 2.23. The largest absolute Gasteiger partial charge is 0.308 e. The second-order valence-electron chi connectivity index (χ2n) is 4.04. The molecule has 0 aliphatic carbocycles. The smallest absolute Gasteiger partial charge is 0.252 e. The van der Waals surface area contributed by atoms with E-state index in [1.807, 2.05) is 19.0 Å². The molecule has 4 nitrogen and oxygen atoms in total. The van der Waals surface area contributed by atoms with Gasteiger partial charge in [0.1, 0.15) is 4.21 Å². The lowest BCUT2D eigenvalue weighted by molar-refractivity contribution is 0.359. The molecule has 0 spiro atoms. The molecule has 0 saturated heterocycles. The molecule has 0 bridgehead atoms. The molecular weight excluding hydrogens is 280 g/mol. The van der Waals surface area contributed by atoms with E-state index in [0.717, 1.165) is 5.56 Å². The molecule has 0 aromatic carbocycles. The monoisotopic (exact) mass is 296 g/mol. The van der Waals surface area contributed by atoms with Crippen LogP contribution in [0.25, 0.3) is 0 Å². The van der Waals surface area contributed by atoms with Gasteiger partial charge in [-0.2, -0.15) is 4.31 Å². The zero-order valence-electron chi connectivity index (χ0n) is 10.2. The summed E-state index contributed by atoms with van der Waals surface area (Å²) in [6, 6.07) is 1.64. The van der Waals surface area contributed by atoms with Gasteiger partial charge >= 0.3 is 0 Å². The van der Waals surface area contributed by atoms with Gasteiger partial charge in [-0.05, 0) is 31.1 Å². The Hall–Kier alpha value is -0.140. The normalized spacial score (nSPS) is 12.6. The van der Waals surface area contributed by atoms with Crippen LogP contribution >= 0.6 is 22.9 Å². The first-order chi connectivity index (χ1) is 7.87. The summed E-state index contributed by atoms with van der Waals surface area (Å²) < 4.78 is 26.0. The van der Waals surface area contributed by atoms with Gasteiger partial charge in [-0.25, -0.2) is 8.42 Å². The van der Waals surface area contributed by atoms with Gasteiger partial charge in [0.15, 0.2) is 0 Å². The predicted molar refractivity (Wildman–Crippen MR) is 72.2 cm³/mol. The third kappa shape index (κ3) is 3.93. The molecule has 0 fully saturated rings. The number of likely N-dealkylation sites (N-methyl/N-ethyl adjacent to an activating group) is 2. The fourth-order valence-corrected chi connectivity index (χ4v) is 4.00. The lowest BCUT2D eigenvalue weighted by Crippen LogP contribution is -2.33. The van der Waals surface area contributed by atoms with Gasteiger partial charge in [0.2, 0.25) is 0 Å². The Morgan fingerprint density at radius 1 is 1.29 bits per heavy atom. The minimum Gasteiger partial charge on any atom is -0.308 e. The first kappa shape index (κ1) is 14.9. The van der Waals surface area contributed by atoms with Crippen LogP contribution in [0.3, 0.4) is 0 Å². The number of hydrogen-bond acceptors (Lipinski definition) is 4. The van der Waals surface area contributed by atoms with Crippen LogP contribution < -0.4 is 0 Å². The Kier molecular flexibility index (Phi) is 5.40. The maximum atomic E-state index is 12.1. The van der Waals surface area contributed by atoms with Crippen LogP contribution in [-0.2, 0) is 15.9 Å². The Labute approximate surface area is 112 Å². The van der Waals surface area contributed by atoms with Gasteiger partial charge < -0.3 is 4.90 Å². The molecule has 7 heteroatoms. The predicted octanol–water partition coefficient (Wildman–Crippen LogP) is 1.67. The first-order valence-corrected chi connectivity index (χ1v) is 7.98. The summed E-state index contributed by atoms with van der Waals surface area (Å²) in [6.45, 7) is 1.17. The first-order valence-electron chi connectivity index (χ1n) is 5.12. The third-order valence-corrected chi connectivity index (χ3v) is 5.94. The number of thiophene rings is 1. The summed E-state index contributed by atoms with van der Waals surface area (Å²) in [5, 5.41) is 1.78. The van der Waals surface area contributed by atoms with Crippen LogP contribution in [0.1, 0.15) is 5.56 Å². The second kappa shape index (κ2) is 6.15. The van der Waals surface area contributed by atoms with Crippen LogP contribution in [0.5, 0.6) is 0 Å². The van der Waals surface area contributed by atoms with Gasteiger partial charge in [-0.1, -0.05) is 0 Å². The molecular formula is C10H17ClN2O2S2. The van der Waals surface area contributed by atoms with Gasteiger partial charge in [-0.3, -0.25) is 0 Å². The molecule has 0 saturated carbocycles. The number of halogens is 1. The SMILES string of the molecule is CN(C)CCN(C)S(=O)(=O)c1cc(CCl)cs1. The molecule has 0 aliphatic rings. The van der Waals surface area contributed by atoms with E-state index in [2.05, 4.69) is 0 Å². The van der Waals surface area contributed by atoms with Crippen LogP contribution in [0, 0.1) is 0 Å². The minimum absolute atomic E-state index is 0.341. The van der Waals surface area contributed by atoms with E-state index in [9.17, 15) is 8.42 Å².